The van der Waals surface area contributed by atoms with E-state index in [0.717, 1.165) is 30.7 Å². The summed E-state index contributed by atoms with van der Waals surface area (Å²) in [4.78, 5) is 14.9. The number of thiazole rings is 1. The van der Waals surface area contributed by atoms with Crippen LogP contribution in [0.1, 0.15) is 6.42 Å². The normalized spacial score (nSPS) is 17.6. The molecule has 25 heavy (non-hydrogen) atoms. The number of ether oxygens (including phenoxy) is 1. The summed E-state index contributed by atoms with van der Waals surface area (Å²) >= 11 is 7.35. The number of methoxy groups -OCH3 is 1. The largest absolute Gasteiger partial charge is 0.380 e. The van der Waals surface area contributed by atoms with Crippen LogP contribution in [0.15, 0.2) is 18.2 Å². The number of nitrogens with zero attached hydrogens (tertiary/aromatic N) is 4. The van der Waals surface area contributed by atoms with Gasteiger partial charge in [0, 0.05) is 31.8 Å². The van der Waals surface area contributed by atoms with E-state index in [2.05, 4.69) is 19.9 Å². The monoisotopic (exact) mass is 382 g/mol. The minimum Gasteiger partial charge on any atom is -0.380 e. The molecule has 9 heteroatoms. The summed E-state index contributed by atoms with van der Waals surface area (Å²) in [6, 6.07) is 3.35. The van der Waals surface area contributed by atoms with Gasteiger partial charge in [-0.2, -0.15) is 9.97 Å². The Balaban J connectivity index is 1.82. The second-order valence-corrected chi connectivity index (χ2v) is 7.02. The van der Waals surface area contributed by atoms with Gasteiger partial charge in [0.25, 0.3) is 0 Å². The lowest BCUT2D eigenvalue weighted by molar-refractivity contribution is 0.121. The first-order chi connectivity index (χ1) is 12.0. The Kier molecular flexibility index (Phi) is 4.26. The number of hydrogen-bond acceptors (Lipinski definition) is 6. The predicted octanol–water partition coefficient (Wildman–Crippen LogP) is 3.91. The van der Waals surface area contributed by atoms with E-state index in [1.54, 1.807) is 7.11 Å². The van der Waals surface area contributed by atoms with Crippen LogP contribution in [0.3, 0.4) is 0 Å². The molecule has 3 aromatic rings. The smallest absolute Gasteiger partial charge is 0.225 e. The Labute approximate surface area is 151 Å². The Hall–Kier alpha value is -1.90. The van der Waals surface area contributed by atoms with E-state index < -0.39 is 11.6 Å². The number of benzene rings is 1. The average Bonchev–Trinajstić information content (AvgIpc) is 3.20. The van der Waals surface area contributed by atoms with Gasteiger partial charge in [0.05, 0.1) is 11.8 Å². The van der Waals surface area contributed by atoms with Crippen molar-refractivity contribution in [3.05, 3.63) is 35.1 Å². The van der Waals surface area contributed by atoms with Crippen LogP contribution in [0.5, 0.6) is 0 Å². The van der Waals surface area contributed by atoms with Gasteiger partial charge < -0.3 is 9.64 Å². The summed E-state index contributed by atoms with van der Waals surface area (Å²) in [6.07, 6.45) is 1.08. The van der Waals surface area contributed by atoms with Crippen molar-refractivity contribution < 1.29 is 13.5 Å². The first-order valence-electron chi connectivity index (χ1n) is 7.62. The van der Waals surface area contributed by atoms with Gasteiger partial charge in [0.1, 0.15) is 16.3 Å². The molecule has 3 heterocycles. The first-order valence-corrected chi connectivity index (χ1v) is 8.82. The maximum absolute atomic E-state index is 14.2. The Morgan fingerprint density at radius 1 is 1.28 bits per heavy atom. The molecule has 1 atom stereocenters. The minimum atomic E-state index is -0.702. The maximum Gasteiger partial charge on any atom is 0.225 e. The average molecular weight is 383 g/mol. The Bertz CT molecular complexity index is 951. The lowest BCUT2D eigenvalue weighted by Crippen LogP contribution is -2.21. The fourth-order valence-corrected chi connectivity index (χ4v) is 4.09. The molecular formula is C16H13ClF2N4OS. The third-order valence-electron chi connectivity index (χ3n) is 4.15. The quantitative estimate of drug-likeness (QED) is 0.643. The van der Waals surface area contributed by atoms with E-state index in [1.807, 2.05) is 0 Å². The number of aromatic nitrogens is 3. The van der Waals surface area contributed by atoms with Crippen molar-refractivity contribution in [2.45, 2.75) is 12.5 Å². The summed E-state index contributed by atoms with van der Waals surface area (Å²) < 4.78 is 33.4. The third kappa shape index (κ3) is 3.05. The molecule has 0 unspecified atom stereocenters. The van der Waals surface area contributed by atoms with E-state index in [0.29, 0.717) is 16.0 Å². The molecule has 130 valence electrons. The minimum absolute atomic E-state index is 0.0285. The number of hydrogen-bond donors (Lipinski definition) is 0. The van der Waals surface area contributed by atoms with Crippen molar-refractivity contribution >= 4 is 38.4 Å². The van der Waals surface area contributed by atoms with Crippen molar-refractivity contribution in [1.82, 2.24) is 15.0 Å². The fraction of sp³-hybridized carbons (Fsp3) is 0.312. The second kappa shape index (κ2) is 6.44. The standard InChI is InChI=1S/C16H13ClF2N4OS/c1-24-9-4-5-23(7-9)16-22-14-13(25-16)12(20-15(17)21-14)10-3-2-8(18)6-11(10)19/h2-3,6,9H,4-5,7H2,1H3/t9-/m1/s1. The molecule has 1 saturated heterocycles. The van der Waals surface area contributed by atoms with Gasteiger partial charge >= 0.3 is 0 Å². The van der Waals surface area contributed by atoms with Crippen LogP contribution in [0.25, 0.3) is 21.6 Å². The van der Waals surface area contributed by atoms with Crippen molar-refractivity contribution in [3.8, 4) is 11.3 Å². The van der Waals surface area contributed by atoms with Crippen molar-refractivity contribution in [3.63, 3.8) is 0 Å². The van der Waals surface area contributed by atoms with Gasteiger partial charge in [-0.25, -0.2) is 13.8 Å². The highest BCUT2D eigenvalue weighted by atomic mass is 35.5. The summed E-state index contributed by atoms with van der Waals surface area (Å²) in [5.41, 5.74) is 0.889. The van der Waals surface area contributed by atoms with E-state index >= 15 is 0 Å². The van der Waals surface area contributed by atoms with Gasteiger partial charge in [0.15, 0.2) is 10.8 Å². The van der Waals surface area contributed by atoms with Crippen LogP contribution in [-0.2, 0) is 4.74 Å². The number of anilines is 1. The van der Waals surface area contributed by atoms with Crippen molar-refractivity contribution in [2.24, 2.45) is 0 Å². The molecule has 0 amide bonds. The lowest BCUT2D eigenvalue weighted by atomic mass is 10.1. The number of rotatable bonds is 3. The molecule has 1 fully saturated rings. The van der Waals surface area contributed by atoms with Gasteiger partial charge in [0.2, 0.25) is 5.28 Å². The van der Waals surface area contributed by atoms with Gasteiger partial charge in [-0.15, -0.1) is 0 Å². The Morgan fingerprint density at radius 3 is 2.84 bits per heavy atom. The number of halogens is 3. The zero-order valence-electron chi connectivity index (χ0n) is 13.2. The molecule has 0 radical (unpaired) electrons. The second-order valence-electron chi connectivity index (χ2n) is 5.71. The molecule has 1 aliphatic rings. The van der Waals surface area contributed by atoms with Crippen LogP contribution >= 0.6 is 22.9 Å². The zero-order valence-corrected chi connectivity index (χ0v) is 14.7. The van der Waals surface area contributed by atoms with E-state index in [-0.39, 0.29) is 17.0 Å². The van der Waals surface area contributed by atoms with Crippen LogP contribution in [0.2, 0.25) is 5.28 Å². The Morgan fingerprint density at radius 2 is 2.12 bits per heavy atom. The molecule has 2 aromatic heterocycles. The molecular weight excluding hydrogens is 370 g/mol. The molecule has 5 nitrogen and oxygen atoms in total. The zero-order chi connectivity index (χ0) is 17.6. The first kappa shape index (κ1) is 16.6. The summed E-state index contributed by atoms with van der Waals surface area (Å²) in [6.45, 7) is 1.55. The van der Waals surface area contributed by atoms with Crippen LogP contribution in [0.4, 0.5) is 13.9 Å². The molecule has 0 N–H and O–H groups in total. The van der Waals surface area contributed by atoms with Crippen molar-refractivity contribution in [1.29, 1.82) is 0 Å². The van der Waals surface area contributed by atoms with Crippen LogP contribution in [-0.4, -0.2) is 41.3 Å². The van der Waals surface area contributed by atoms with Crippen LogP contribution < -0.4 is 4.90 Å². The summed E-state index contributed by atoms with van der Waals surface area (Å²) in [7, 11) is 1.69. The molecule has 4 rings (SSSR count). The molecule has 1 aliphatic heterocycles. The topological polar surface area (TPSA) is 51.1 Å². The van der Waals surface area contributed by atoms with E-state index in [1.165, 1.54) is 23.5 Å². The summed E-state index contributed by atoms with van der Waals surface area (Å²) in [5.74, 6) is -1.35. The highest BCUT2D eigenvalue weighted by molar-refractivity contribution is 7.22. The van der Waals surface area contributed by atoms with Crippen LogP contribution in [0, 0.1) is 11.6 Å². The molecule has 1 aromatic carbocycles. The SMILES string of the molecule is CO[C@@H]1CCN(c2nc3nc(Cl)nc(-c4ccc(F)cc4F)c3s2)C1. The maximum atomic E-state index is 14.2. The highest BCUT2D eigenvalue weighted by Gasteiger charge is 2.26. The third-order valence-corrected chi connectivity index (χ3v) is 5.43. The van der Waals surface area contributed by atoms with Gasteiger partial charge in [-0.3, -0.25) is 0 Å². The molecule has 0 bridgehead atoms. The van der Waals surface area contributed by atoms with Gasteiger partial charge in [-0.1, -0.05) is 11.3 Å². The van der Waals surface area contributed by atoms with Crippen molar-refractivity contribution in [2.75, 3.05) is 25.1 Å². The molecule has 0 aliphatic carbocycles. The van der Waals surface area contributed by atoms with Gasteiger partial charge in [-0.05, 0) is 30.2 Å². The molecule has 0 saturated carbocycles. The lowest BCUT2D eigenvalue weighted by Gasteiger charge is -2.13. The predicted molar refractivity (Wildman–Crippen MR) is 93.2 cm³/mol. The van der Waals surface area contributed by atoms with E-state index in [9.17, 15) is 8.78 Å². The summed E-state index contributed by atoms with van der Waals surface area (Å²) in [5, 5.41) is 0.731. The van der Waals surface area contributed by atoms with E-state index in [4.69, 9.17) is 16.3 Å². The molecule has 0 spiro atoms. The fourth-order valence-electron chi connectivity index (χ4n) is 2.88. The number of fused-ring (bicyclic) bond motifs is 1. The highest BCUT2D eigenvalue weighted by Crippen LogP contribution is 2.37.